The third-order valence-corrected chi connectivity index (χ3v) is 5.50. The van der Waals surface area contributed by atoms with Gasteiger partial charge in [0.2, 0.25) is 0 Å². The first kappa shape index (κ1) is 21.6. The zero-order valence-electron chi connectivity index (χ0n) is 17.8. The predicted octanol–water partition coefficient (Wildman–Crippen LogP) is 2.25. The number of anilines is 2. The highest BCUT2D eigenvalue weighted by Crippen LogP contribution is 2.20. The summed E-state index contributed by atoms with van der Waals surface area (Å²) in [6.45, 7) is 1.20. The molecular weight excluding hydrogens is 378 g/mol. The number of aromatic hydroxyl groups is 1. The number of nitrogens with zero attached hydrogens (tertiary/aromatic N) is 2. The number of hydrogen-bond acceptors (Lipinski definition) is 6. The van der Waals surface area contributed by atoms with Gasteiger partial charge in [-0.2, -0.15) is 0 Å². The third kappa shape index (κ3) is 5.07. The highest BCUT2D eigenvalue weighted by molar-refractivity contribution is 5.75. The van der Waals surface area contributed by atoms with E-state index in [0.29, 0.717) is 24.5 Å². The Morgan fingerprint density at radius 2 is 1.57 bits per heavy atom. The summed E-state index contributed by atoms with van der Waals surface area (Å²) in [5, 5.41) is 12.7. The Balaban J connectivity index is 1.64. The van der Waals surface area contributed by atoms with Gasteiger partial charge in [0, 0.05) is 26.2 Å². The molecule has 0 aliphatic carbocycles. The van der Waals surface area contributed by atoms with Crippen molar-refractivity contribution in [2.24, 2.45) is 0 Å². The zero-order chi connectivity index (χ0) is 21.7. The number of benzene rings is 2. The molecule has 6 nitrogen and oxygen atoms in total. The minimum atomic E-state index is -0.446. The maximum Gasteiger partial charge on any atom is 0.253 e. The molecule has 6 heteroatoms. The lowest BCUT2D eigenvalue weighted by atomic mass is 10.0. The van der Waals surface area contributed by atoms with E-state index in [2.05, 4.69) is 22.3 Å². The van der Waals surface area contributed by atoms with Crippen molar-refractivity contribution in [1.82, 2.24) is 4.90 Å². The van der Waals surface area contributed by atoms with Crippen molar-refractivity contribution in [1.29, 1.82) is 0 Å². The summed E-state index contributed by atoms with van der Waals surface area (Å²) in [5.74, 6) is 0.241. The van der Waals surface area contributed by atoms with Crippen LogP contribution in [0.1, 0.15) is 11.1 Å². The second-order valence-electron chi connectivity index (χ2n) is 7.91. The van der Waals surface area contributed by atoms with Crippen LogP contribution in [0.3, 0.4) is 0 Å². The lowest BCUT2D eigenvalue weighted by Crippen LogP contribution is -2.44. The molecule has 0 amide bonds. The zero-order valence-corrected chi connectivity index (χ0v) is 17.8. The summed E-state index contributed by atoms with van der Waals surface area (Å²) in [6.07, 6.45) is 1.56. The quantitative estimate of drug-likeness (QED) is 0.502. The van der Waals surface area contributed by atoms with E-state index in [-0.39, 0.29) is 11.8 Å². The van der Waals surface area contributed by atoms with E-state index in [4.69, 9.17) is 0 Å². The Morgan fingerprint density at radius 1 is 0.900 bits per heavy atom. The molecule has 0 aliphatic rings. The summed E-state index contributed by atoms with van der Waals surface area (Å²) >= 11 is 0. The molecule has 30 heavy (non-hydrogen) atoms. The van der Waals surface area contributed by atoms with E-state index in [9.17, 15) is 14.7 Å². The van der Waals surface area contributed by atoms with Crippen molar-refractivity contribution >= 4 is 11.4 Å². The molecule has 1 atom stereocenters. The van der Waals surface area contributed by atoms with Crippen molar-refractivity contribution < 1.29 is 5.11 Å². The van der Waals surface area contributed by atoms with Gasteiger partial charge in [0.25, 0.3) is 10.9 Å². The van der Waals surface area contributed by atoms with Crippen molar-refractivity contribution in [3.63, 3.8) is 0 Å². The van der Waals surface area contributed by atoms with Gasteiger partial charge in [-0.3, -0.25) is 9.59 Å². The highest BCUT2D eigenvalue weighted by atomic mass is 16.3. The molecule has 0 fully saturated rings. The lowest BCUT2D eigenvalue weighted by molar-refractivity contribution is 0.303. The monoisotopic (exact) mass is 407 g/mol. The van der Waals surface area contributed by atoms with Crippen LogP contribution in [0.15, 0.2) is 64.2 Å². The van der Waals surface area contributed by atoms with Crippen molar-refractivity contribution in [3.05, 3.63) is 86.2 Å². The van der Waals surface area contributed by atoms with E-state index in [1.807, 2.05) is 56.4 Å². The number of likely N-dealkylation sites (N-methyl/N-ethyl adjacent to an activating group) is 2. The van der Waals surface area contributed by atoms with Crippen LogP contribution in [0.5, 0.6) is 5.75 Å². The maximum absolute atomic E-state index is 12.2. The fraction of sp³-hybridized carbons (Fsp3) is 0.333. The van der Waals surface area contributed by atoms with Crippen LogP contribution in [0.2, 0.25) is 0 Å². The van der Waals surface area contributed by atoms with Gasteiger partial charge >= 0.3 is 0 Å². The maximum atomic E-state index is 12.2. The van der Waals surface area contributed by atoms with Crippen LogP contribution < -0.4 is 21.1 Å². The molecule has 0 spiro atoms. The number of nitrogens with one attached hydrogen (secondary N) is 1. The van der Waals surface area contributed by atoms with Crippen molar-refractivity contribution in [2.75, 3.05) is 44.4 Å². The predicted molar refractivity (Wildman–Crippen MR) is 123 cm³/mol. The topological polar surface area (TPSA) is 72.9 Å². The molecule has 3 rings (SSSR count). The van der Waals surface area contributed by atoms with Gasteiger partial charge < -0.3 is 20.2 Å². The van der Waals surface area contributed by atoms with Crippen molar-refractivity contribution in [2.45, 2.75) is 18.9 Å². The van der Waals surface area contributed by atoms with Crippen LogP contribution in [0, 0.1) is 0 Å². The summed E-state index contributed by atoms with van der Waals surface area (Å²) < 4.78 is 0. The number of hydrogen-bond donors (Lipinski definition) is 2. The van der Waals surface area contributed by atoms with Crippen molar-refractivity contribution in [3.8, 4) is 5.75 Å². The van der Waals surface area contributed by atoms with Gasteiger partial charge in [-0.1, -0.05) is 42.5 Å². The molecular formula is C24H29N3O3. The summed E-state index contributed by atoms with van der Waals surface area (Å²) in [4.78, 5) is 28.3. The smallest absolute Gasteiger partial charge is 0.253 e. The Bertz CT molecular complexity index is 1020. The minimum absolute atomic E-state index is 0.126. The molecule has 0 saturated carbocycles. The summed E-state index contributed by atoms with van der Waals surface area (Å²) in [7, 11) is 5.83. The van der Waals surface area contributed by atoms with Gasteiger partial charge in [0.05, 0.1) is 0 Å². The molecule has 158 valence electrons. The van der Waals surface area contributed by atoms with E-state index >= 15 is 0 Å². The van der Waals surface area contributed by atoms with Crippen LogP contribution in [-0.4, -0.2) is 50.3 Å². The second kappa shape index (κ2) is 9.59. The molecule has 0 heterocycles. The van der Waals surface area contributed by atoms with Crippen LogP contribution in [-0.2, 0) is 12.8 Å². The Morgan fingerprint density at radius 3 is 2.20 bits per heavy atom. The molecule has 0 bridgehead atoms. The highest BCUT2D eigenvalue weighted by Gasteiger charge is 2.25. The molecule has 0 aliphatic heterocycles. The summed E-state index contributed by atoms with van der Waals surface area (Å²) in [6, 6.07) is 17.3. The van der Waals surface area contributed by atoms with E-state index in [0.717, 1.165) is 18.4 Å². The third-order valence-electron chi connectivity index (χ3n) is 5.50. The molecule has 3 aromatic rings. The van der Waals surface area contributed by atoms with E-state index < -0.39 is 10.9 Å². The molecule has 1 unspecified atom stereocenters. The molecule has 0 saturated heterocycles. The Kier molecular flexibility index (Phi) is 6.90. The first-order valence-electron chi connectivity index (χ1n) is 10.1. The van der Waals surface area contributed by atoms with E-state index in [1.165, 1.54) is 5.56 Å². The van der Waals surface area contributed by atoms with Gasteiger partial charge in [-0.15, -0.1) is 0 Å². The normalized spacial score (nSPS) is 12.3. The fourth-order valence-corrected chi connectivity index (χ4v) is 3.52. The second-order valence-corrected chi connectivity index (χ2v) is 7.91. The fourth-order valence-electron chi connectivity index (χ4n) is 3.52. The van der Waals surface area contributed by atoms with Gasteiger partial charge in [0.15, 0.2) is 0 Å². The first-order valence-corrected chi connectivity index (χ1v) is 10.1. The average molecular weight is 408 g/mol. The Labute approximate surface area is 177 Å². The lowest BCUT2D eigenvalue weighted by Gasteiger charge is -2.28. The molecule has 0 aromatic heterocycles. The SMILES string of the molecule is CN(CCc1ccccc1)c1c(NCC(Cc2ccc(O)cc2)N(C)C)c(=O)c1=O. The average Bonchev–Trinajstić information content (AvgIpc) is 2.75. The number of rotatable bonds is 10. The van der Waals surface area contributed by atoms with Crippen LogP contribution in [0.25, 0.3) is 0 Å². The molecule has 3 aromatic carbocycles. The van der Waals surface area contributed by atoms with Gasteiger partial charge in [0.1, 0.15) is 17.1 Å². The van der Waals surface area contributed by atoms with Gasteiger partial charge in [-0.05, 0) is 50.2 Å². The number of phenols is 1. The largest absolute Gasteiger partial charge is 0.508 e. The number of phenolic OH excluding ortho intramolecular Hbond substituents is 1. The standard InChI is InChI=1S/C24H29N3O3/c1-26(2)19(15-18-9-11-20(28)12-10-18)16-25-21-22(24(30)23(21)29)27(3)14-13-17-7-5-4-6-8-17/h4-12,19,25,28H,13-16H2,1-3H3. The van der Waals surface area contributed by atoms with Gasteiger partial charge in [-0.25, -0.2) is 0 Å². The van der Waals surface area contributed by atoms with E-state index in [1.54, 1.807) is 12.1 Å². The molecule has 0 radical (unpaired) electrons. The molecule has 2 N–H and O–H groups in total. The van der Waals surface area contributed by atoms with Crippen LogP contribution in [0.4, 0.5) is 11.4 Å². The minimum Gasteiger partial charge on any atom is -0.508 e. The first-order chi connectivity index (χ1) is 14.4. The van der Waals surface area contributed by atoms with Crippen LogP contribution >= 0.6 is 0 Å². The summed E-state index contributed by atoms with van der Waals surface area (Å²) in [5.41, 5.74) is 2.30. The Hall–Kier alpha value is -3.12.